The fraction of sp³-hybridized carbons (Fsp3) is 0.647. The predicted octanol–water partition coefficient (Wildman–Crippen LogP) is 3.72. The lowest BCUT2D eigenvalue weighted by Crippen LogP contribution is -2.38. The first-order chi connectivity index (χ1) is 9.70. The van der Waals surface area contributed by atoms with Crippen molar-refractivity contribution in [2.45, 2.75) is 45.2 Å². The molecule has 2 aliphatic rings. The van der Waals surface area contributed by atoms with Gasteiger partial charge in [-0.3, -0.25) is 4.90 Å². The zero-order valence-corrected chi connectivity index (χ0v) is 14.0. The van der Waals surface area contributed by atoms with Crippen molar-refractivity contribution in [3.05, 3.63) is 33.8 Å². The highest BCUT2D eigenvalue weighted by Gasteiger charge is 2.26. The number of halogens is 1. The lowest BCUT2D eigenvalue weighted by molar-refractivity contribution is 0.232. The van der Waals surface area contributed by atoms with Crippen LogP contribution < -0.4 is 5.32 Å². The Hall–Kier alpha value is -0.380. The number of nitrogens with zero attached hydrogens (tertiary/aromatic N) is 1. The van der Waals surface area contributed by atoms with E-state index in [1.807, 2.05) is 0 Å². The Balaban J connectivity index is 1.62. The van der Waals surface area contributed by atoms with Crippen LogP contribution in [0.1, 0.15) is 36.8 Å². The molecule has 1 aromatic carbocycles. The monoisotopic (exact) mass is 336 g/mol. The summed E-state index contributed by atoms with van der Waals surface area (Å²) in [5.41, 5.74) is 2.75. The molecule has 3 heteroatoms. The van der Waals surface area contributed by atoms with E-state index in [2.05, 4.69) is 51.3 Å². The van der Waals surface area contributed by atoms with Crippen LogP contribution in [0, 0.1) is 12.8 Å². The SMILES string of the molecule is Cc1ccc(CN(CC2CC2)CC2CCCN2)cc1Br. The highest BCUT2D eigenvalue weighted by atomic mass is 79.9. The Morgan fingerprint density at radius 1 is 1.25 bits per heavy atom. The fourth-order valence-electron chi connectivity index (χ4n) is 3.09. The van der Waals surface area contributed by atoms with Gasteiger partial charge in [0.25, 0.3) is 0 Å². The number of benzene rings is 1. The molecule has 2 fully saturated rings. The Bertz CT molecular complexity index is 450. The summed E-state index contributed by atoms with van der Waals surface area (Å²) in [6.07, 6.45) is 5.56. The molecule has 0 spiro atoms. The van der Waals surface area contributed by atoms with Crippen molar-refractivity contribution < 1.29 is 0 Å². The third-order valence-electron chi connectivity index (χ3n) is 4.50. The van der Waals surface area contributed by atoms with Gasteiger partial charge in [-0.15, -0.1) is 0 Å². The summed E-state index contributed by atoms with van der Waals surface area (Å²) in [4.78, 5) is 2.66. The Kier molecular flexibility index (Phi) is 4.79. The van der Waals surface area contributed by atoms with Gasteiger partial charge < -0.3 is 5.32 Å². The molecule has 3 rings (SSSR count). The van der Waals surface area contributed by atoms with Crippen molar-refractivity contribution in [3.8, 4) is 0 Å². The molecule has 110 valence electrons. The van der Waals surface area contributed by atoms with Crippen LogP contribution >= 0.6 is 15.9 Å². The van der Waals surface area contributed by atoms with E-state index in [-0.39, 0.29) is 0 Å². The van der Waals surface area contributed by atoms with Crippen LogP contribution in [0.2, 0.25) is 0 Å². The van der Waals surface area contributed by atoms with Crippen LogP contribution in [0.4, 0.5) is 0 Å². The molecule has 1 aliphatic carbocycles. The average Bonchev–Trinajstić information content (AvgIpc) is 3.08. The second kappa shape index (κ2) is 6.59. The van der Waals surface area contributed by atoms with E-state index in [9.17, 15) is 0 Å². The fourth-order valence-corrected chi connectivity index (χ4v) is 3.51. The van der Waals surface area contributed by atoms with Gasteiger partial charge in [0.2, 0.25) is 0 Å². The molecule has 0 aromatic heterocycles. The molecular formula is C17H25BrN2. The van der Waals surface area contributed by atoms with Gasteiger partial charge >= 0.3 is 0 Å². The summed E-state index contributed by atoms with van der Waals surface area (Å²) in [5, 5.41) is 3.64. The zero-order valence-electron chi connectivity index (χ0n) is 12.4. The second-order valence-electron chi connectivity index (χ2n) is 6.51. The highest BCUT2D eigenvalue weighted by molar-refractivity contribution is 9.10. The Morgan fingerprint density at radius 3 is 2.75 bits per heavy atom. The molecule has 1 unspecified atom stereocenters. The highest BCUT2D eigenvalue weighted by Crippen LogP contribution is 2.30. The normalized spacial score (nSPS) is 22.6. The third kappa shape index (κ3) is 4.06. The van der Waals surface area contributed by atoms with E-state index in [0.717, 1.165) is 12.5 Å². The standard InChI is InChI=1S/C17H25BrN2/c1-13-4-5-15(9-17(13)18)11-20(10-14-6-7-14)12-16-3-2-8-19-16/h4-5,9,14,16,19H,2-3,6-8,10-12H2,1H3. The molecule has 1 saturated heterocycles. The van der Waals surface area contributed by atoms with Gasteiger partial charge in [0, 0.05) is 30.1 Å². The largest absolute Gasteiger partial charge is 0.313 e. The van der Waals surface area contributed by atoms with Crippen molar-refractivity contribution in [1.82, 2.24) is 10.2 Å². The smallest absolute Gasteiger partial charge is 0.0234 e. The molecule has 1 heterocycles. The van der Waals surface area contributed by atoms with Crippen LogP contribution in [0.15, 0.2) is 22.7 Å². The molecule has 20 heavy (non-hydrogen) atoms. The first kappa shape index (κ1) is 14.6. The van der Waals surface area contributed by atoms with Crippen LogP contribution in [-0.4, -0.2) is 30.6 Å². The van der Waals surface area contributed by atoms with E-state index in [1.165, 1.54) is 60.9 Å². The maximum atomic E-state index is 3.66. The number of aryl methyl sites for hydroxylation is 1. The van der Waals surface area contributed by atoms with Crippen molar-refractivity contribution in [1.29, 1.82) is 0 Å². The van der Waals surface area contributed by atoms with E-state index in [4.69, 9.17) is 0 Å². The molecular weight excluding hydrogens is 312 g/mol. The van der Waals surface area contributed by atoms with E-state index in [0.29, 0.717) is 6.04 Å². The van der Waals surface area contributed by atoms with Crippen LogP contribution in [-0.2, 0) is 6.54 Å². The first-order valence-corrected chi connectivity index (χ1v) is 8.71. The topological polar surface area (TPSA) is 15.3 Å². The lowest BCUT2D eigenvalue weighted by atomic mass is 10.1. The third-order valence-corrected chi connectivity index (χ3v) is 5.35. The van der Waals surface area contributed by atoms with Crippen LogP contribution in [0.5, 0.6) is 0 Å². The molecule has 1 atom stereocenters. The average molecular weight is 337 g/mol. The molecule has 1 aliphatic heterocycles. The molecule has 0 bridgehead atoms. The quantitative estimate of drug-likeness (QED) is 0.851. The molecule has 1 saturated carbocycles. The van der Waals surface area contributed by atoms with Crippen molar-refractivity contribution in [2.24, 2.45) is 5.92 Å². The molecule has 1 aromatic rings. The van der Waals surface area contributed by atoms with Gasteiger partial charge in [0.15, 0.2) is 0 Å². The Morgan fingerprint density at radius 2 is 2.10 bits per heavy atom. The van der Waals surface area contributed by atoms with Gasteiger partial charge in [-0.2, -0.15) is 0 Å². The lowest BCUT2D eigenvalue weighted by Gasteiger charge is -2.26. The second-order valence-corrected chi connectivity index (χ2v) is 7.37. The molecule has 0 radical (unpaired) electrons. The van der Waals surface area contributed by atoms with Gasteiger partial charge in [0.05, 0.1) is 0 Å². The van der Waals surface area contributed by atoms with E-state index < -0.39 is 0 Å². The maximum absolute atomic E-state index is 3.66. The first-order valence-electron chi connectivity index (χ1n) is 7.91. The Labute approximate surface area is 131 Å². The zero-order chi connectivity index (χ0) is 13.9. The molecule has 2 nitrogen and oxygen atoms in total. The summed E-state index contributed by atoms with van der Waals surface area (Å²) in [6.45, 7) is 6.94. The van der Waals surface area contributed by atoms with Crippen LogP contribution in [0.25, 0.3) is 0 Å². The van der Waals surface area contributed by atoms with Crippen molar-refractivity contribution >= 4 is 15.9 Å². The predicted molar refractivity (Wildman–Crippen MR) is 87.9 cm³/mol. The number of hydrogen-bond donors (Lipinski definition) is 1. The van der Waals surface area contributed by atoms with Crippen molar-refractivity contribution in [2.75, 3.05) is 19.6 Å². The number of rotatable bonds is 6. The number of nitrogens with one attached hydrogen (secondary N) is 1. The minimum Gasteiger partial charge on any atom is -0.313 e. The van der Waals surface area contributed by atoms with E-state index >= 15 is 0 Å². The minimum atomic E-state index is 0.711. The molecule has 1 N–H and O–H groups in total. The van der Waals surface area contributed by atoms with Gasteiger partial charge in [-0.05, 0) is 62.3 Å². The summed E-state index contributed by atoms with van der Waals surface area (Å²) < 4.78 is 1.24. The summed E-state index contributed by atoms with van der Waals surface area (Å²) >= 11 is 3.66. The van der Waals surface area contributed by atoms with E-state index in [1.54, 1.807) is 0 Å². The van der Waals surface area contributed by atoms with Crippen LogP contribution in [0.3, 0.4) is 0 Å². The minimum absolute atomic E-state index is 0.711. The number of hydrogen-bond acceptors (Lipinski definition) is 2. The van der Waals surface area contributed by atoms with Gasteiger partial charge in [-0.25, -0.2) is 0 Å². The summed E-state index contributed by atoms with van der Waals surface area (Å²) in [5.74, 6) is 0.963. The van der Waals surface area contributed by atoms with Gasteiger partial charge in [-0.1, -0.05) is 28.1 Å². The summed E-state index contributed by atoms with van der Waals surface area (Å²) in [7, 11) is 0. The maximum Gasteiger partial charge on any atom is 0.0234 e. The van der Waals surface area contributed by atoms with Gasteiger partial charge in [0.1, 0.15) is 0 Å². The summed E-state index contributed by atoms with van der Waals surface area (Å²) in [6, 6.07) is 7.50. The van der Waals surface area contributed by atoms with Crippen molar-refractivity contribution in [3.63, 3.8) is 0 Å². The molecule has 0 amide bonds.